The van der Waals surface area contributed by atoms with Crippen LogP contribution in [0.15, 0.2) is 67.0 Å². The van der Waals surface area contributed by atoms with Crippen LogP contribution in [-0.2, 0) is 4.79 Å². The van der Waals surface area contributed by atoms with E-state index in [9.17, 15) is 9.90 Å². The molecule has 11 heteroatoms. The molecule has 4 aromatic rings. The van der Waals surface area contributed by atoms with Crippen molar-refractivity contribution in [1.29, 1.82) is 0 Å². The summed E-state index contributed by atoms with van der Waals surface area (Å²) < 4.78 is 0. The van der Waals surface area contributed by atoms with Gasteiger partial charge in [-0.2, -0.15) is 4.98 Å². The zero-order valence-corrected chi connectivity index (χ0v) is 19.6. The standard InChI is InChI=1S/C25H25N9O2/c1-16-3-2-4-19(29-16)23-27-11-9-21(32-23)31-22-10-12-28-25(33-22)30-17-5-7-18(8-6-17)34-14-13-26-20(15-34)24(35)36/h2-12,20,26H,13-15H2,1H3,(H,35,36)(H2,27,28,30,31,32,33)/t20-/m1/s1. The van der Waals surface area contributed by atoms with Crippen LogP contribution in [0.2, 0.25) is 0 Å². The zero-order valence-electron chi connectivity index (χ0n) is 19.6. The first-order valence-corrected chi connectivity index (χ1v) is 11.5. The topological polar surface area (TPSA) is 141 Å². The van der Waals surface area contributed by atoms with Gasteiger partial charge in [0.15, 0.2) is 5.82 Å². The maximum absolute atomic E-state index is 11.3. The fourth-order valence-electron chi connectivity index (χ4n) is 3.87. The quantitative estimate of drug-likeness (QED) is 0.308. The summed E-state index contributed by atoms with van der Waals surface area (Å²) in [6.07, 6.45) is 3.33. The number of hydrogen-bond donors (Lipinski definition) is 4. The van der Waals surface area contributed by atoms with Gasteiger partial charge in [0.25, 0.3) is 0 Å². The summed E-state index contributed by atoms with van der Waals surface area (Å²) in [6.45, 7) is 3.72. The number of aliphatic carboxylic acids is 1. The van der Waals surface area contributed by atoms with Crippen molar-refractivity contribution in [2.24, 2.45) is 0 Å². The van der Waals surface area contributed by atoms with Gasteiger partial charge in [-0.3, -0.25) is 4.79 Å². The molecular formula is C25H25N9O2. The van der Waals surface area contributed by atoms with Gasteiger partial charge in [0.2, 0.25) is 5.95 Å². The average Bonchev–Trinajstić information content (AvgIpc) is 2.90. The Morgan fingerprint density at radius 1 is 0.972 bits per heavy atom. The minimum atomic E-state index is -0.839. The Labute approximate surface area is 207 Å². The number of carboxylic acids is 1. The van der Waals surface area contributed by atoms with E-state index in [4.69, 9.17) is 0 Å². The van der Waals surface area contributed by atoms with Crippen LogP contribution in [0, 0.1) is 6.92 Å². The first kappa shape index (κ1) is 23.1. The zero-order chi connectivity index (χ0) is 24.9. The summed E-state index contributed by atoms with van der Waals surface area (Å²) in [5.74, 6) is 1.28. The smallest absolute Gasteiger partial charge is 0.322 e. The van der Waals surface area contributed by atoms with Gasteiger partial charge in [0.05, 0.1) is 0 Å². The summed E-state index contributed by atoms with van der Waals surface area (Å²) in [5, 5.41) is 18.7. The Hall–Kier alpha value is -4.64. The van der Waals surface area contributed by atoms with Crippen LogP contribution in [0.5, 0.6) is 0 Å². The monoisotopic (exact) mass is 483 g/mol. The third-order valence-electron chi connectivity index (χ3n) is 5.65. The maximum Gasteiger partial charge on any atom is 0.322 e. The Kier molecular flexibility index (Phi) is 6.63. The lowest BCUT2D eigenvalue weighted by molar-refractivity contribution is -0.139. The minimum absolute atomic E-state index is 0.420. The fraction of sp³-hybridized carbons (Fsp3) is 0.200. The lowest BCUT2D eigenvalue weighted by atomic mass is 10.2. The van der Waals surface area contributed by atoms with Crippen LogP contribution in [0.25, 0.3) is 11.5 Å². The molecule has 0 radical (unpaired) electrons. The van der Waals surface area contributed by atoms with Crippen molar-refractivity contribution >= 4 is 34.9 Å². The molecule has 0 saturated carbocycles. The second-order valence-electron chi connectivity index (χ2n) is 8.28. The van der Waals surface area contributed by atoms with E-state index >= 15 is 0 Å². The largest absolute Gasteiger partial charge is 0.480 e. The molecule has 0 amide bonds. The molecule has 36 heavy (non-hydrogen) atoms. The highest BCUT2D eigenvalue weighted by molar-refractivity contribution is 5.75. The van der Waals surface area contributed by atoms with E-state index in [2.05, 4.69) is 45.8 Å². The van der Waals surface area contributed by atoms with Gasteiger partial charge in [0, 0.05) is 49.1 Å². The Balaban J connectivity index is 1.25. The molecule has 4 N–H and O–H groups in total. The molecule has 1 aliphatic rings. The predicted molar refractivity (Wildman–Crippen MR) is 137 cm³/mol. The Bertz CT molecular complexity index is 1360. The molecule has 1 aromatic carbocycles. The molecule has 1 saturated heterocycles. The number of anilines is 5. The van der Waals surface area contributed by atoms with Crippen molar-refractivity contribution in [3.8, 4) is 11.5 Å². The number of piperazine rings is 1. The molecule has 4 heterocycles. The molecule has 0 spiro atoms. The van der Waals surface area contributed by atoms with E-state index in [1.807, 2.05) is 49.4 Å². The van der Waals surface area contributed by atoms with Crippen molar-refractivity contribution in [3.05, 3.63) is 72.7 Å². The van der Waals surface area contributed by atoms with Gasteiger partial charge in [-0.1, -0.05) is 6.07 Å². The van der Waals surface area contributed by atoms with Gasteiger partial charge in [-0.25, -0.2) is 19.9 Å². The first-order chi connectivity index (χ1) is 17.5. The van der Waals surface area contributed by atoms with E-state index in [1.54, 1.807) is 24.5 Å². The van der Waals surface area contributed by atoms with Crippen molar-refractivity contribution in [2.45, 2.75) is 13.0 Å². The van der Waals surface area contributed by atoms with Gasteiger partial charge < -0.3 is 26.0 Å². The summed E-state index contributed by atoms with van der Waals surface area (Å²) in [6, 6.07) is 16.4. The van der Waals surface area contributed by atoms with Crippen LogP contribution in [0.1, 0.15) is 5.69 Å². The van der Waals surface area contributed by atoms with Gasteiger partial charge in [-0.05, 0) is 55.5 Å². The minimum Gasteiger partial charge on any atom is -0.480 e. The van der Waals surface area contributed by atoms with Crippen LogP contribution in [-0.4, -0.2) is 61.7 Å². The maximum atomic E-state index is 11.3. The second-order valence-corrected chi connectivity index (χ2v) is 8.28. The number of benzene rings is 1. The van der Waals surface area contributed by atoms with Crippen molar-refractivity contribution in [2.75, 3.05) is 35.2 Å². The van der Waals surface area contributed by atoms with E-state index in [0.29, 0.717) is 42.2 Å². The summed E-state index contributed by atoms with van der Waals surface area (Å²) >= 11 is 0. The summed E-state index contributed by atoms with van der Waals surface area (Å²) in [4.78, 5) is 35.5. The van der Waals surface area contributed by atoms with E-state index in [1.165, 1.54) is 0 Å². The number of nitrogens with one attached hydrogen (secondary N) is 3. The molecule has 5 rings (SSSR count). The van der Waals surface area contributed by atoms with Gasteiger partial charge >= 0.3 is 5.97 Å². The average molecular weight is 484 g/mol. The van der Waals surface area contributed by atoms with Crippen LogP contribution in [0.4, 0.5) is 29.0 Å². The second kappa shape index (κ2) is 10.3. The molecule has 0 bridgehead atoms. The normalized spacial score (nSPS) is 15.4. The number of nitrogens with zero attached hydrogens (tertiary/aromatic N) is 6. The number of aryl methyl sites for hydroxylation is 1. The third-order valence-corrected chi connectivity index (χ3v) is 5.65. The number of hydrogen-bond acceptors (Lipinski definition) is 10. The molecule has 1 aliphatic heterocycles. The molecular weight excluding hydrogens is 458 g/mol. The molecule has 182 valence electrons. The molecule has 11 nitrogen and oxygen atoms in total. The third kappa shape index (κ3) is 5.53. The predicted octanol–water partition coefficient (Wildman–Crippen LogP) is 2.99. The Morgan fingerprint density at radius 3 is 2.53 bits per heavy atom. The summed E-state index contributed by atoms with van der Waals surface area (Å²) in [5.41, 5.74) is 3.38. The highest BCUT2D eigenvalue weighted by Crippen LogP contribution is 2.22. The van der Waals surface area contributed by atoms with Crippen LogP contribution < -0.4 is 20.9 Å². The molecule has 1 atom stereocenters. The number of carbonyl (C=O) groups is 1. The fourth-order valence-corrected chi connectivity index (χ4v) is 3.87. The number of rotatable bonds is 7. The summed E-state index contributed by atoms with van der Waals surface area (Å²) in [7, 11) is 0. The lowest BCUT2D eigenvalue weighted by Gasteiger charge is -2.33. The lowest BCUT2D eigenvalue weighted by Crippen LogP contribution is -2.54. The Morgan fingerprint density at radius 2 is 1.75 bits per heavy atom. The number of aromatic nitrogens is 5. The van der Waals surface area contributed by atoms with Crippen LogP contribution >= 0.6 is 0 Å². The van der Waals surface area contributed by atoms with E-state index in [-0.39, 0.29) is 0 Å². The number of pyridine rings is 1. The molecule has 3 aromatic heterocycles. The molecule has 0 unspecified atom stereocenters. The van der Waals surface area contributed by atoms with Crippen LogP contribution in [0.3, 0.4) is 0 Å². The highest BCUT2D eigenvalue weighted by atomic mass is 16.4. The van der Waals surface area contributed by atoms with Crippen molar-refractivity contribution in [1.82, 2.24) is 30.2 Å². The molecule has 0 aliphatic carbocycles. The number of carboxylic acid groups (broad SMARTS) is 1. The van der Waals surface area contributed by atoms with E-state index < -0.39 is 12.0 Å². The van der Waals surface area contributed by atoms with Crippen molar-refractivity contribution < 1.29 is 9.90 Å². The highest BCUT2D eigenvalue weighted by Gasteiger charge is 2.24. The van der Waals surface area contributed by atoms with Crippen molar-refractivity contribution in [3.63, 3.8) is 0 Å². The molecule has 1 fully saturated rings. The SMILES string of the molecule is Cc1cccc(-c2nccc(Nc3ccnc(Nc4ccc(N5CCN[C@@H](C(=O)O)C5)cc4)n3)n2)n1. The first-order valence-electron chi connectivity index (χ1n) is 11.5. The van der Waals surface area contributed by atoms with Gasteiger partial charge in [-0.15, -0.1) is 0 Å². The van der Waals surface area contributed by atoms with Gasteiger partial charge in [0.1, 0.15) is 23.4 Å². The van der Waals surface area contributed by atoms with E-state index in [0.717, 1.165) is 23.6 Å².